The highest BCUT2D eigenvalue weighted by Gasteiger charge is 2.21. The van der Waals surface area contributed by atoms with Crippen molar-refractivity contribution >= 4 is 23.9 Å². The highest BCUT2D eigenvalue weighted by Crippen LogP contribution is 2.20. The van der Waals surface area contributed by atoms with Crippen LogP contribution in [0.4, 0.5) is 5.69 Å². The zero-order chi connectivity index (χ0) is 18.2. The van der Waals surface area contributed by atoms with Crippen LogP contribution in [0.2, 0.25) is 0 Å². The topological polar surface area (TPSA) is 70.2 Å². The van der Waals surface area contributed by atoms with Crippen molar-refractivity contribution < 1.29 is 19.1 Å². The van der Waals surface area contributed by atoms with Gasteiger partial charge in [-0.05, 0) is 31.2 Å². The van der Waals surface area contributed by atoms with Crippen LogP contribution in [0.25, 0.3) is 0 Å². The molecule has 1 aromatic rings. The van der Waals surface area contributed by atoms with E-state index in [1.807, 2.05) is 31.2 Å². The lowest BCUT2D eigenvalue weighted by Gasteiger charge is -2.33. The minimum absolute atomic E-state index is 0.00253. The molecular formula is C18H25N3O4. The Morgan fingerprint density at radius 1 is 1.16 bits per heavy atom. The number of anilines is 1. The Bertz CT molecular complexity index is 595. The molecule has 0 spiro atoms. The first-order valence-electron chi connectivity index (χ1n) is 8.53. The molecule has 25 heavy (non-hydrogen) atoms. The maximum absolute atomic E-state index is 12.4. The number of hydrogen-bond donors (Lipinski definition) is 0. The Morgan fingerprint density at radius 2 is 1.80 bits per heavy atom. The monoisotopic (exact) mass is 347 g/mol. The smallest absolute Gasteiger partial charge is 0.224 e. The Labute approximate surface area is 148 Å². The molecule has 1 aromatic carbocycles. The quantitative estimate of drug-likeness (QED) is 0.693. The lowest BCUT2D eigenvalue weighted by atomic mass is 10.2. The summed E-state index contributed by atoms with van der Waals surface area (Å²) in [5.41, 5.74) is 0.745. The maximum Gasteiger partial charge on any atom is 0.224 e. The first kappa shape index (κ1) is 18.8. The fourth-order valence-corrected chi connectivity index (χ4v) is 2.80. The number of benzene rings is 1. The van der Waals surface area contributed by atoms with Crippen molar-refractivity contribution in [2.24, 2.45) is 0 Å². The predicted octanol–water partition coefficient (Wildman–Crippen LogP) is 1.13. The highest BCUT2D eigenvalue weighted by atomic mass is 16.5. The normalized spacial score (nSPS) is 14.2. The highest BCUT2D eigenvalue weighted by molar-refractivity contribution is 5.92. The number of amides is 3. The van der Waals surface area contributed by atoms with Gasteiger partial charge in [0.15, 0.2) is 0 Å². The van der Waals surface area contributed by atoms with Gasteiger partial charge in [0.25, 0.3) is 0 Å². The molecular weight excluding hydrogens is 322 g/mol. The number of ether oxygens (including phenoxy) is 1. The van der Waals surface area contributed by atoms with Crippen LogP contribution in [0.1, 0.15) is 20.3 Å². The summed E-state index contributed by atoms with van der Waals surface area (Å²) in [7, 11) is 0. The van der Waals surface area contributed by atoms with E-state index >= 15 is 0 Å². The maximum atomic E-state index is 12.4. The SMILES string of the molecule is CCOc1ccc(N(CCC(=O)N2CCN(C=O)CC2)C(C)=O)cc1. The summed E-state index contributed by atoms with van der Waals surface area (Å²) in [6.07, 6.45) is 1.07. The van der Waals surface area contributed by atoms with Crippen molar-refractivity contribution in [2.45, 2.75) is 20.3 Å². The number of rotatable bonds is 7. The summed E-state index contributed by atoms with van der Waals surface area (Å²) in [4.78, 5) is 40.0. The minimum atomic E-state index is -0.109. The summed E-state index contributed by atoms with van der Waals surface area (Å²) in [5.74, 6) is 0.643. The van der Waals surface area contributed by atoms with Gasteiger partial charge < -0.3 is 19.4 Å². The van der Waals surface area contributed by atoms with Crippen molar-refractivity contribution in [3.63, 3.8) is 0 Å². The van der Waals surface area contributed by atoms with Crippen LogP contribution in [0.5, 0.6) is 5.75 Å². The predicted molar refractivity (Wildman–Crippen MR) is 94.5 cm³/mol. The molecule has 0 unspecified atom stereocenters. The van der Waals surface area contributed by atoms with Crippen molar-refractivity contribution in [1.82, 2.24) is 9.80 Å². The Hall–Kier alpha value is -2.57. The third-order valence-corrected chi connectivity index (χ3v) is 4.20. The molecule has 1 aliphatic heterocycles. The van der Waals surface area contributed by atoms with Gasteiger partial charge in [0.2, 0.25) is 18.2 Å². The molecule has 0 saturated carbocycles. The van der Waals surface area contributed by atoms with E-state index in [4.69, 9.17) is 4.74 Å². The van der Waals surface area contributed by atoms with Crippen LogP contribution in [0, 0.1) is 0 Å². The average Bonchev–Trinajstić information content (AvgIpc) is 2.63. The number of piperazine rings is 1. The van der Waals surface area contributed by atoms with Gasteiger partial charge >= 0.3 is 0 Å². The molecule has 0 aliphatic carbocycles. The van der Waals surface area contributed by atoms with Gasteiger partial charge in [-0.15, -0.1) is 0 Å². The molecule has 1 saturated heterocycles. The van der Waals surface area contributed by atoms with Gasteiger partial charge in [-0.3, -0.25) is 14.4 Å². The van der Waals surface area contributed by atoms with E-state index in [0.717, 1.165) is 17.8 Å². The standard InChI is InChI=1S/C18H25N3O4/c1-3-25-17-6-4-16(5-7-17)21(15(2)23)9-8-18(24)20-12-10-19(14-22)11-13-20/h4-7,14H,3,8-13H2,1-2H3. The van der Waals surface area contributed by atoms with Gasteiger partial charge in [0, 0.05) is 51.8 Å². The van der Waals surface area contributed by atoms with Crippen molar-refractivity contribution in [3.05, 3.63) is 24.3 Å². The van der Waals surface area contributed by atoms with Crippen LogP contribution in [0.3, 0.4) is 0 Å². The summed E-state index contributed by atoms with van der Waals surface area (Å²) in [5, 5.41) is 0. The summed E-state index contributed by atoms with van der Waals surface area (Å²) >= 11 is 0. The van der Waals surface area contributed by atoms with Crippen molar-refractivity contribution in [2.75, 3.05) is 44.2 Å². The summed E-state index contributed by atoms with van der Waals surface area (Å²) in [6.45, 7) is 6.52. The van der Waals surface area contributed by atoms with E-state index in [0.29, 0.717) is 39.3 Å². The van der Waals surface area contributed by atoms with Crippen LogP contribution >= 0.6 is 0 Å². The molecule has 0 N–H and O–H groups in total. The van der Waals surface area contributed by atoms with Crippen LogP contribution in [-0.4, -0.2) is 67.4 Å². The van der Waals surface area contributed by atoms with Gasteiger partial charge in [-0.1, -0.05) is 0 Å². The fourth-order valence-electron chi connectivity index (χ4n) is 2.80. The van der Waals surface area contributed by atoms with E-state index in [2.05, 4.69) is 0 Å². The van der Waals surface area contributed by atoms with E-state index in [9.17, 15) is 14.4 Å². The third-order valence-electron chi connectivity index (χ3n) is 4.20. The van der Waals surface area contributed by atoms with E-state index in [1.165, 1.54) is 6.92 Å². The fraction of sp³-hybridized carbons (Fsp3) is 0.500. The van der Waals surface area contributed by atoms with Crippen LogP contribution in [0.15, 0.2) is 24.3 Å². The average molecular weight is 347 g/mol. The summed E-state index contributed by atoms with van der Waals surface area (Å²) in [6, 6.07) is 7.27. The lowest BCUT2D eigenvalue weighted by Crippen LogP contribution is -2.48. The third kappa shape index (κ3) is 5.20. The van der Waals surface area contributed by atoms with Gasteiger partial charge in [0.1, 0.15) is 5.75 Å². The lowest BCUT2D eigenvalue weighted by molar-refractivity contribution is -0.135. The van der Waals surface area contributed by atoms with Gasteiger partial charge in [0.05, 0.1) is 6.61 Å². The molecule has 1 fully saturated rings. The van der Waals surface area contributed by atoms with E-state index < -0.39 is 0 Å². The Kier molecular flexibility index (Phi) is 6.80. The van der Waals surface area contributed by atoms with Crippen molar-refractivity contribution in [3.8, 4) is 5.75 Å². The second-order valence-electron chi connectivity index (χ2n) is 5.87. The number of nitrogens with zero attached hydrogens (tertiary/aromatic N) is 3. The Balaban J connectivity index is 1.92. The van der Waals surface area contributed by atoms with Crippen LogP contribution < -0.4 is 9.64 Å². The van der Waals surface area contributed by atoms with Crippen molar-refractivity contribution in [1.29, 1.82) is 0 Å². The zero-order valence-corrected chi connectivity index (χ0v) is 14.8. The first-order valence-corrected chi connectivity index (χ1v) is 8.53. The first-order chi connectivity index (χ1) is 12.0. The van der Waals surface area contributed by atoms with E-state index in [-0.39, 0.29) is 18.2 Å². The molecule has 0 bridgehead atoms. The minimum Gasteiger partial charge on any atom is -0.494 e. The molecule has 3 amide bonds. The molecule has 7 heteroatoms. The molecule has 1 aliphatic rings. The number of hydrogen-bond acceptors (Lipinski definition) is 4. The number of carbonyl (C=O) groups excluding carboxylic acids is 3. The number of carbonyl (C=O) groups is 3. The molecule has 2 rings (SSSR count). The van der Waals surface area contributed by atoms with E-state index in [1.54, 1.807) is 14.7 Å². The second kappa shape index (κ2) is 9.05. The molecule has 0 atom stereocenters. The van der Waals surface area contributed by atoms with Crippen LogP contribution in [-0.2, 0) is 14.4 Å². The molecule has 0 radical (unpaired) electrons. The summed E-state index contributed by atoms with van der Waals surface area (Å²) < 4.78 is 5.40. The zero-order valence-electron chi connectivity index (χ0n) is 14.8. The van der Waals surface area contributed by atoms with Gasteiger partial charge in [-0.2, -0.15) is 0 Å². The second-order valence-corrected chi connectivity index (χ2v) is 5.87. The largest absolute Gasteiger partial charge is 0.494 e. The molecule has 1 heterocycles. The molecule has 7 nitrogen and oxygen atoms in total. The molecule has 0 aromatic heterocycles. The van der Waals surface area contributed by atoms with Gasteiger partial charge in [-0.25, -0.2) is 0 Å². The Morgan fingerprint density at radius 3 is 2.32 bits per heavy atom. The molecule has 136 valence electrons.